The summed E-state index contributed by atoms with van der Waals surface area (Å²) >= 11 is 7.37. The largest absolute Gasteiger partial charge is 0.496 e. The molecule has 1 aromatic heterocycles. The number of ether oxygens (including phenoxy) is 1. The molecule has 4 aromatic rings. The monoisotopic (exact) mass is 438 g/mol. The van der Waals surface area contributed by atoms with Gasteiger partial charge < -0.3 is 10.1 Å². The highest BCUT2D eigenvalue weighted by Gasteiger charge is 2.19. The molecule has 0 saturated carbocycles. The molecule has 152 valence electrons. The number of anilines is 1. The van der Waals surface area contributed by atoms with Crippen LogP contribution < -0.4 is 10.1 Å². The normalized spacial score (nSPS) is 12.0. The number of aromatic amines is 1. The fourth-order valence-corrected chi connectivity index (χ4v) is 3.96. The third-order valence-corrected chi connectivity index (χ3v) is 5.78. The second-order valence-corrected chi connectivity index (χ2v) is 8.33. The van der Waals surface area contributed by atoms with E-state index in [4.69, 9.17) is 16.3 Å². The SMILES string of the molecule is COc1ccc(Cl)cc1-c1nc(SC(C)C(=O)Nc2cccc3ccccc23)n[nH]1. The average molecular weight is 439 g/mol. The van der Waals surface area contributed by atoms with Gasteiger partial charge in [-0.2, -0.15) is 0 Å². The Hall–Kier alpha value is -3.03. The van der Waals surface area contributed by atoms with E-state index in [1.54, 1.807) is 25.3 Å². The Morgan fingerprint density at radius 1 is 1.17 bits per heavy atom. The van der Waals surface area contributed by atoms with Crippen LogP contribution in [0.25, 0.3) is 22.2 Å². The van der Waals surface area contributed by atoms with Crippen molar-refractivity contribution in [2.45, 2.75) is 17.3 Å². The zero-order chi connectivity index (χ0) is 21.1. The van der Waals surface area contributed by atoms with Gasteiger partial charge in [0.25, 0.3) is 0 Å². The molecule has 0 aliphatic carbocycles. The van der Waals surface area contributed by atoms with E-state index in [2.05, 4.69) is 20.5 Å². The number of carbonyl (C=O) groups is 1. The summed E-state index contributed by atoms with van der Waals surface area (Å²) in [5.41, 5.74) is 1.49. The summed E-state index contributed by atoms with van der Waals surface area (Å²) in [6, 6.07) is 19.0. The van der Waals surface area contributed by atoms with Crippen LogP contribution in [0.4, 0.5) is 5.69 Å². The standard InChI is InChI=1S/C22H19ClN4O2S/c1-13(21(28)24-18-9-5-7-14-6-3-4-8-16(14)18)30-22-25-20(26-27-22)17-12-15(23)10-11-19(17)29-2/h3-13H,1-2H3,(H,24,28)(H,25,26,27). The molecular formula is C22H19ClN4O2S. The third kappa shape index (κ3) is 4.27. The lowest BCUT2D eigenvalue weighted by Crippen LogP contribution is -2.22. The van der Waals surface area contributed by atoms with E-state index in [1.807, 2.05) is 49.4 Å². The summed E-state index contributed by atoms with van der Waals surface area (Å²) in [6.45, 7) is 1.82. The van der Waals surface area contributed by atoms with Gasteiger partial charge in [-0.25, -0.2) is 4.98 Å². The molecule has 1 amide bonds. The van der Waals surface area contributed by atoms with Gasteiger partial charge in [0.2, 0.25) is 11.1 Å². The number of nitrogens with one attached hydrogen (secondary N) is 2. The lowest BCUT2D eigenvalue weighted by molar-refractivity contribution is -0.115. The van der Waals surface area contributed by atoms with Crippen molar-refractivity contribution in [2.75, 3.05) is 12.4 Å². The van der Waals surface area contributed by atoms with Gasteiger partial charge >= 0.3 is 0 Å². The number of H-pyrrole nitrogens is 1. The topological polar surface area (TPSA) is 79.9 Å². The number of nitrogens with zero attached hydrogens (tertiary/aromatic N) is 2. The van der Waals surface area contributed by atoms with Crippen molar-refractivity contribution < 1.29 is 9.53 Å². The van der Waals surface area contributed by atoms with Gasteiger partial charge in [-0.1, -0.05) is 59.8 Å². The van der Waals surface area contributed by atoms with Crippen LogP contribution >= 0.6 is 23.4 Å². The van der Waals surface area contributed by atoms with Crippen molar-refractivity contribution in [3.63, 3.8) is 0 Å². The van der Waals surface area contributed by atoms with E-state index in [0.717, 1.165) is 16.5 Å². The summed E-state index contributed by atoms with van der Waals surface area (Å²) < 4.78 is 5.37. The number of fused-ring (bicyclic) bond motifs is 1. The van der Waals surface area contributed by atoms with Gasteiger partial charge in [0.15, 0.2) is 5.82 Å². The number of methoxy groups -OCH3 is 1. The van der Waals surface area contributed by atoms with E-state index in [0.29, 0.717) is 27.3 Å². The molecule has 0 aliphatic heterocycles. The first-order valence-corrected chi connectivity index (χ1v) is 10.5. The minimum Gasteiger partial charge on any atom is -0.496 e. The summed E-state index contributed by atoms with van der Waals surface area (Å²) in [4.78, 5) is 17.2. The van der Waals surface area contributed by atoms with Crippen LogP contribution in [0.2, 0.25) is 5.02 Å². The summed E-state index contributed by atoms with van der Waals surface area (Å²) in [5.74, 6) is 1.04. The molecule has 1 heterocycles. The van der Waals surface area contributed by atoms with Crippen molar-refractivity contribution in [3.05, 3.63) is 65.7 Å². The first kappa shape index (κ1) is 20.3. The van der Waals surface area contributed by atoms with Crippen LogP contribution in [0, 0.1) is 0 Å². The minimum atomic E-state index is -0.395. The molecule has 0 radical (unpaired) electrons. The van der Waals surface area contributed by atoms with E-state index in [1.165, 1.54) is 11.8 Å². The molecule has 3 aromatic carbocycles. The molecule has 1 unspecified atom stereocenters. The molecule has 4 rings (SSSR count). The fraction of sp³-hybridized carbons (Fsp3) is 0.136. The van der Waals surface area contributed by atoms with Crippen LogP contribution in [0.3, 0.4) is 0 Å². The summed E-state index contributed by atoms with van der Waals surface area (Å²) in [5, 5.41) is 12.8. The molecule has 0 spiro atoms. The second-order valence-electron chi connectivity index (χ2n) is 6.59. The Labute approximate surface area is 183 Å². The molecule has 0 fully saturated rings. The van der Waals surface area contributed by atoms with Gasteiger partial charge in [0.05, 0.1) is 17.9 Å². The van der Waals surface area contributed by atoms with E-state index >= 15 is 0 Å². The van der Waals surface area contributed by atoms with Gasteiger partial charge in [-0.05, 0) is 36.6 Å². The number of carbonyl (C=O) groups excluding carboxylic acids is 1. The Bertz CT molecular complexity index is 1210. The molecule has 0 aliphatic rings. The number of hydrogen-bond acceptors (Lipinski definition) is 5. The second kappa shape index (κ2) is 8.77. The lowest BCUT2D eigenvalue weighted by Gasteiger charge is -2.12. The Morgan fingerprint density at radius 3 is 2.80 bits per heavy atom. The van der Waals surface area contributed by atoms with E-state index in [9.17, 15) is 4.79 Å². The van der Waals surface area contributed by atoms with Gasteiger partial charge in [-0.15, -0.1) is 5.10 Å². The van der Waals surface area contributed by atoms with Crippen molar-refractivity contribution in [2.24, 2.45) is 0 Å². The molecule has 6 nitrogen and oxygen atoms in total. The smallest absolute Gasteiger partial charge is 0.237 e. The maximum Gasteiger partial charge on any atom is 0.237 e. The minimum absolute atomic E-state index is 0.122. The van der Waals surface area contributed by atoms with Gasteiger partial charge in [0, 0.05) is 16.1 Å². The average Bonchev–Trinajstić information content (AvgIpc) is 3.22. The van der Waals surface area contributed by atoms with Crippen molar-refractivity contribution in [3.8, 4) is 17.1 Å². The highest BCUT2D eigenvalue weighted by molar-refractivity contribution is 8.00. The Morgan fingerprint density at radius 2 is 1.97 bits per heavy atom. The van der Waals surface area contributed by atoms with Crippen molar-refractivity contribution >= 4 is 45.7 Å². The third-order valence-electron chi connectivity index (χ3n) is 4.58. The number of benzene rings is 3. The van der Waals surface area contributed by atoms with Crippen LogP contribution in [0.5, 0.6) is 5.75 Å². The first-order valence-electron chi connectivity index (χ1n) is 9.27. The Balaban J connectivity index is 1.49. The predicted molar refractivity (Wildman–Crippen MR) is 121 cm³/mol. The first-order chi connectivity index (χ1) is 14.5. The van der Waals surface area contributed by atoms with E-state index in [-0.39, 0.29) is 5.91 Å². The van der Waals surface area contributed by atoms with Gasteiger partial charge in [-0.3, -0.25) is 9.89 Å². The maximum atomic E-state index is 12.7. The van der Waals surface area contributed by atoms with Gasteiger partial charge in [0.1, 0.15) is 5.75 Å². The molecule has 0 bridgehead atoms. The number of amides is 1. The highest BCUT2D eigenvalue weighted by Crippen LogP contribution is 2.32. The molecular weight excluding hydrogens is 420 g/mol. The molecule has 0 saturated heterocycles. The quantitative estimate of drug-likeness (QED) is 0.393. The molecule has 2 N–H and O–H groups in total. The van der Waals surface area contributed by atoms with Crippen LogP contribution in [-0.4, -0.2) is 33.4 Å². The highest BCUT2D eigenvalue weighted by atomic mass is 35.5. The molecule has 1 atom stereocenters. The number of halogens is 1. The fourth-order valence-electron chi connectivity index (χ4n) is 3.07. The summed E-state index contributed by atoms with van der Waals surface area (Å²) in [7, 11) is 1.58. The number of rotatable bonds is 6. The van der Waals surface area contributed by atoms with E-state index < -0.39 is 5.25 Å². The molecule has 8 heteroatoms. The zero-order valence-electron chi connectivity index (χ0n) is 16.3. The summed E-state index contributed by atoms with van der Waals surface area (Å²) in [6.07, 6.45) is 0. The number of hydrogen-bond donors (Lipinski definition) is 2. The lowest BCUT2D eigenvalue weighted by atomic mass is 10.1. The predicted octanol–water partition coefficient (Wildman–Crippen LogP) is 5.41. The molecule has 30 heavy (non-hydrogen) atoms. The van der Waals surface area contributed by atoms with Crippen LogP contribution in [0.15, 0.2) is 65.8 Å². The maximum absolute atomic E-state index is 12.7. The van der Waals surface area contributed by atoms with Crippen molar-refractivity contribution in [1.29, 1.82) is 0 Å². The number of thioether (sulfide) groups is 1. The van der Waals surface area contributed by atoms with Crippen LogP contribution in [0.1, 0.15) is 6.92 Å². The number of aromatic nitrogens is 3. The van der Waals surface area contributed by atoms with Crippen LogP contribution in [-0.2, 0) is 4.79 Å². The Kier molecular flexibility index (Phi) is 5.92. The zero-order valence-corrected chi connectivity index (χ0v) is 17.9. The van der Waals surface area contributed by atoms with Crippen molar-refractivity contribution in [1.82, 2.24) is 15.2 Å².